The van der Waals surface area contributed by atoms with Crippen LogP contribution < -0.4 is 15.2 Å². The van der Waals surface area contributed by atoms with E-state index in [9.17, 15) is 0 Å². The lowest BCUT2D eigenvalue weighted by Crippen LogP contribution is -2.07. The average molecular weight is 272 g/mol. The Labute approximate surface area is 119 Å². The SMILES string of the molecule is Cc1cc(Oc2ncccc2OC(C)C)c(C)cc1N. The molecule has 0 aliphatic heterocycles. The first kappa shape index (κ1) is 14.2. The van der Waals surface area contributed by atoms with Crippen LogP contribution in [-0.2, 0) is 0 Å². The molecule has 2 N–H and O–H groups in total. The lowest BCUT2D eigenvalue weighted by atomic mass is 10.1. The van der Waals surface area contributed by atoms with Crippen molar-refractivity contribution < 1.29 is 9.47 Å². The molecule has 0 bridgehead atoms. The fourth-order valence-electron chi connectivity index (χ4n) is 1.82. The molecule has 0 unspecified atom stereocenters. The molecular weight excluding hydrogens is 252 g/mol. The molecule has 0 radical (unpaired) electrons. The Hall–Kier alpha value is -2.23. The number of nitrogens with two attached hydrogens (primary N) is 1. The van der Waals surface area contributed by atoms with E-state index < -0.39 is 0 Å². The zero-order valence-electron chi connectivity index (χ0n) is 12.3. The molecule has 0 aliphatic rings. The number of hydrogen-bond acceptors (Lipinski definition) is 4. The van der Waals surface area contributed by atoms with Crippen molar-refractivity contribution in [2.24, 2.45) is 0 Å². The largest absolute Gasteiger partial charge is 0.485 e. The lowest BCUT2D eigenvalue weighted by Gasteiger charge is -2.15. The van der Waals surface area contributed by atoms with E-state index in [0.29, 0.717) is 11.6 Å². The van der Waals surface area contributed by atoms with Crippen molar-refractivity contribution in [3.8, 4) is 17.4 Å². The quantitative estimate of drug-likeness (QED) is 0.859. The van der Waals surface area contributed by atoms with Gasteiger partial charge in [0.1, 0.15) is 5.75 Å². The maximum atomic E-state index is 5.89. The Kier molecular flexibility index (Phi) is 4.13. The van der Waals surface area contributed by atoms with Gasteiger partial charge in [-0.1, -0.05) is 0 Å². The predicted octanol–water partition coefficient (Wildman–Crippen LogP) is 3.86. The van der Waals surface area contributed by atoms with E-state index in [-0.39, 0.29) is 6.10 Å². The predicted molar refractivity (Wildman–Crippen MR) is 80.4 cm³/mol. The molecule has 2 aromatic rings. The summed E-state index contributed by atoms with van der Waals surface area (Å²) in [7, 11) is 0. The molecule has 0 saturated heterocycles. The van der Waals surface area contributed by atoms with Crippen molar-refractivity contribution in [2.75, 3.05) is 5.73 Å². The van der Waals surface area contributed by atoms with Gasteiger partial charge in [0.25, 0.3) is 5.88 Å². The Morgan fingerprint density at radius 1 is 1.10 bits per heavy atom. The van der Waals surface area contributed by atoms with Crippen LogP contribution in [0.2, 0.25) is 0 Å². The summed E-state index contributed by atoms with van der Waals surface area (Å²) in [6, 6.07) is 7.49. The second-order valence-corrected chi connectivity index (χ2v) is 5.05. The van der Waals surface area contributed by atoms with E-state index in [4.69, 9.17) is 15.2 Å². The van der Waals surface area contributed by atoms with Crippen molar-refractivity contribution in [3.05, 3.63) is 41.6 Å². The molecule has 2 rings (SSSR count). The van der Waals surface area contributed by atoms with Gasteiger partial charge in [0, 0.05) is 11.9 Å². The van der Waals surface area contributed by atoms with Gasteiger partial charge in [-0.05, 0) is 63.1 Å². The summed E-state index contributed by atoms with van der Waals surface area (Å²) in [5, 5.41) is 0. The van der Waals surface area contributed by atoms with E-state index in [1.165, 1.54) is 0 Å². The van der Waals surface area contributed by atoms with Crippen LogP contribution in [0.25, 0.3) is 0 Å². The third-order valence-electron chi connectivity index (χ3n) is 2.87. The van der Waals surface area contributed by atoms with Gasteiger partial charge in [-0.15, -0.1) is 0 Å². The number of ether oxygens (including phenoxy) is 2. The number of hydrogen-bond donors (Lipinski definition) is 1. The van der Waals surface area contributed by atoms with Crippen LogP contribution in [0, 0.1) is 13.8 Å². The molecule has 4 nitrogen and oxygen atoms in total. The van der Waals surface area contributed by atoms with E-state index in [1.807, 2.05) is 52.0 Å². The second kappa shape index (κ2) is 5.82. The summed E-state index contributed by atoms with van der Waals surface area (Å²) in [4.78, 5) is 4.24. The number of aryl methyl sites for hydroxylation is 2. The standard InChI is InChI=1S/C16H20N2O2/c1-10(2)19-14-6-5-7-18-16(14)20-15-9-11(3)13(17)8-12(15)4/h5-10H,17H2,1-4H3. The second-order valence-electron chi connectivity index (χ2n) is 5.05. The number of nitrogen functional groups attached to an aromatic ring is 1. The third kappa shape index (κ3) is 3.20. The number of benzene rings is 1. The molecule has 20 heavy (non-hydrogen) atoms. The first-order valence-corrected chi connectivity index (χ1v) is 6.63. The van der Waals surface area contributed by atoms with Gasteiger partial charge < -0.3 is 15.2 Å². The fraction of sp³-hybridized carbons (Fsp3) is 0.312. The van der Waals surface area contributed by atoms with E-state index in [0.717, 1.165) is 22.6 Å². The first-order chi connectivity index (χ1) is 9.47. The summed E-state index contributed by atoms with van der Waals surface area (Å²) in [6.07, 6.45) is 1.75. The van der Waals surface area contributed by atoms with Crippen LogP contribution in [0.4, 0.5) is 5.69 Å². The zero-order chi connectivity index (χ0) is 14.7. The highest BCUT2D eigenvalue weighted by molar-refractivity contribution is 5.54. The van der Waals surface area contributed by atoms with Crippen molar-refractivity contribution >= 4 is 5.69 Å². The van der Waals surface area contributed by atoms with Gasteiger partial charge in [-0.3, -0.25) is 0 Å². The molecule has 1 heterocycles. The van der Waals surface area contributed by atoms with Crippen LogP contribution in [-0.4, -0.2) is 11.1 Å². The average Bonchev–Trinajstić information content (AvgIpc) is 2.37. The van der Waals surface area contributed by atoms with Crippen molar-refractivity contribution in [2.45, 2.75) is 33.8 Å². The third-order valence-corrected chi connectivity index (χ3v) is 2.87. The molecule has 0 amide bonds. The highest BCUT2D eigenvalue weighted by Crippen LogP contribution is 2.33. The molecule has 0 saturated carbocycles. The minimum absolute atomic E-state index is 0.0656. The number of nitrogens with zero attached hydrogens (tertiary/aromatic N) is 1. The van der Waals surface area contributed by atoms with Gasteiger partial charge in [-0.25, -0.2) is 4.98 Å². The Morgan fingerprint density at radius 2 is 1.85 bits per heavy atom. The highest BCUT2D eigenvalue weighted by atomic mass is 16.5. The zero-order valence-corrected chi connectivity index (χ0v) is 12.3. The minimum Gasteiger partial charge on any atom is -0.485 e. The number of rotatable bonds is 4. The molecule has 1 aromatic heterocycles. The summed E-state index contributed by atoms with van der Waals surface area (Å²) < 4.78 is 11.6. The lowest BCUT2D eigenvalue weighted by molar-refractivity contribution is 0.231. The van der Waals surface area contributed by atoms with Crippen LogP contribution >= 0.6 is 0 Å². The molecule has 106 valence electrons. The summed E-state index contributed by atoms with van der Waals surface area (Å²) in [5.41, 5.74) is 8.59. The van der Waals surface area contributed by atoms with Crippen LogP contribution in [0.1, 0.15) is 25.0 Å². The fourth-order valence-corrected chi connectivity index (χ4v) is 1.82. The van der Waals surface area contributed by atoms with Crippen LogP contribution in [0.5, 0.6) is 17.4 Å². The van der Waals surface area contributed by atoms with E-state index in [2.05, 4.69) is 4.98 Å². The van der Waals surface area contributed by atoms with Crippen LogP contribution in [0.15, 0.2) is 30.5 Å². The normalized spacial score (nSPS) is 10.7. The van der Waals surface area contributed by atoms with Crippen molar-refractivity contribution in [1.29, 1.82) is 0 Å². The molecule has 0 aliphatic carbocycles. The Bertz CT molecular complexity index is 609. The van der Waals surface area contributed by atoms with Gasteiger partial charge in [0.05, 0.1) is 6.10 Å². The van der Waals surface area contributed by atoms with Gasteiger partial charge in [0.2, 0.25) is 0 Å². The molecule has 0 spiro atoms. The summed E-state index contributed by atoms with van der Waals surface area (Å²) in [5.74, 6) is 1.84. The van der Waals surface area contributed by atoms with E-state index >= 15 is 0 Å². The number of aromatic nitrogens is 1. The molecule has 1 aromatic carbocycles. The van der Waals surface area contributed by atoms with Gasteiger partial charge >= 0.3 is 0 Å². The van der Waals surface area contributed by atoms with Crippen LogP contribution in [0.3, 0.4) is 0 Å². The molecule has 0 fully saturated rings. The van der Waals surface area contributed by atoms with Crippen molar-refractivity contribution in [1.82, 2.24) is 4.98 Å². The molecular formula is C16H20N2O2. The maximum absolute atomic E-state index is 5.89. The maximum Gasteiger partial charge on any atom is 0.262 e. The van der Waals surface area contributed by atoms with Crippen molar-refractivity contribution in [3.63, 3.8) is 0 Å². The number of anilines is 1. The summed E-state index contributed by atoms with van der Waals surface area (Å²) in [6.45, 7) is 7.84. The van der Waals surface area contributed by atoms with Gasteiger partial charge in [0.15, 0.2) is 5.75 Å². The summed E-state index contributed by atoms with van der Waals surface area (Å²) >= 11 is 0. The smallest absolute Gasteiger partial charge is 0.262 e. The molecule has 4 heteroatoms. The van der Waals surface area contributed by atoms with Gasteiger partial charge in [-0.2, -0.15) is 0 Å². The first-order valence-electron chi connectivity index (χ1n) is 6.63. The topological polar surface area (TPSA) is 57.4 Å². The Balaban J connectivity index is 2.33. The highest BCUT2D eigenvalue weighted by Gasteiger charge is 2.11. The minimum atomic E-state index is 0.0656. The Morgan fingerprint density at radius 3 is 2.55 bits per heavy atom. The monoisotopic (exact) mass is 272 g/mol. The van der Waals surface area contributed by atoms with E-state index in [1.54, 1.807) is 6.20 Å². The number of pyridine rings is 1. The molecule has 0 atom stereocenters.